The van der Waals surface area contributed by atoms with Crippen LogP contribution in [0.5, 0.6) is 5.75 Å². The number of esters is 2. The Bertz CT molecular complexity index is 976. The van der Waals surface area contributed by atoms with Crippen molar-refractivity contribution >= 4 is 17.7 Å². The van der Waals surface area contributed by atoms with Crippen molar-refractivity contribution in [1.29, 1.82) is 0 Å². The Kier molecular flexibility index (Phi) is 7.38. The minimum absolute atomic E-state index is 0.231. The molecule has 1 aliphatic heterocycles. The van der Waals surface area contributed by atoms with Crippen LogP contribution < -0.4 is 10.1 Å². The molecule has 172 valence electrons. The van der Waals surface area contributed by atoms with Gasteiger partial charge in [0.1, 0.15) is 11.7 Å². The number of allylic oxidation sites excluding steroid dienone is 3. The lowest BCUT2D eigenvalue weighted by molar-refractivity contribution is -0.151. The number of ketones is 1. The lowest BCUT2D eigenvalue weighted by Gasteiger charge is -2.38. The average molecular weight is 442 g/mol. The molecule has 1 aliphatic carbocycles. The number of methoxy groups -OCH3 is 1. The summed E-state index contributed by atoms with van der Waals surface area (Å²) in [6.07, 6.45) is 1.17. The lowest BCUT2D eigenvalue weighted by atomic mass is 9.69. The van der Waals surface area contributed by atoms with E-state index in [0.717, 1.165) is 5.70 Å². The molecule has 0 amide bonds. The Labute approximate surface area is 188 Å². The molecule has 1 aromatic carbocycles. The van der Waals surface area contributed by atoms with Crippen LogP contribution in [0, 0.1) is 11.8 Å². The molecule has 0 saturated heterocycles. The third kappa shape index (κ3) is 4.29. The van der Waals surface area contributed by atoms with E-state index in [-0.39, 0.29) is 18.3 Å². The van der Waals surface area contributed by atoms with Gasteiger partial charge in [0.05, 0.1) is 31.8 Å². The van der Waals surface area contributed by atoms with Crippen LogP contribution in [0.3, 0.4) is 0 Å². The summed E-state index contributed by atoms with van der Waals surface area (Å²) >= 11 is 0. The van der Waals surface area contributed by atoms with Gasteiger partial charge in [-0.2, -0.15) is 0 Å². The Hall–Kier alpha value is -3.09. The number of dihydropyridines is 1. The standard InChI is InChI=1S/C25H31NO6/c1-6-12-32-25(29)20-15(4)26-17-13-14(3)19(24(28)30-5)23(27)22(17)21(20)16-10-8-9-11-18(16)31-7-2/h8-11,14,19,21,26H,6-7,12-13H2,1-5H3/t14-,19-,21-/m1/s1. The molecule has 0 aromatic heterocycles. The van der Waals surface area contributed by atoms with Crippen LogP contribution in [-0.4, -0.2) is 38.0 Å². The molecule has 0 unspecified atom stereocenters. The van der Waals surface area contributed by atoms with E-state index >= 15 is 0 Å². The quantitative estimate of drug-likeness (QED) is 0.510. The molecule has 3 atom stereocenters. The van der Waals surface area contributed by atoms with Gasteiger partial charge in [-0.05, 0) is 38.7 Å². The Morgan fingerprint density at radius 1 is 1.19 bits per heavy atom. The molecule has 0 radical (unpaired) electrons. The van der Waals surface area contributed by atoms with Gasteiger partial charge in [-0.25, -0.2) is 4.79 Å². The fraction of sp³-hybridized carbons (Fsp3) is 0.480. The number of carbonyl (C=O) groups excluding carboxylic acids is 3. The van der Waals surface area contributed by atoms with Gasteiger partial charge < -0.3 is 19.5 Å². The summed E-state index contributed by atoms with van der Waals surface area (Å²) in [6, 6.07) is 7.36. The maximum atomic E-state index is 13.7. The highest BCUT2D eigenvalue weighted by molar-refractivity contribution is 6.12. The van der Waals surface area contributed by atoms with Crippen molar-refractivity contribution in [3.8, 4) is 5.75 Å². The van der Waals surface area contributed by atoms with E-state index in [2.05, 4.69) is 5.32 Å². The fourth-order valence-corrected chi connectivity index (χ4v) is 4.54. The summed E-state index contributed by atoms with van der Waals surface area (Å²) in [5.41, 5.74) is 2.81. The van der Waals surface area contributed by atoms with Crippen LogP contribution in [0.4, 0.5) is 0 Å². The van der Waals surface area contributed by atoms with Gasteiger partial charge in [0.15, 0.2) is 5.78 Å². The summed E-state index contributed by atoms with van der Waals surface area (Å²) in [5, 5.41) is 3.26. The second-order valence-corrected chi connectivity index (χ2v) is 8.14. The summed E-state index contributed by atoms with van der Waals surface area (Å²) in [6.45, 7) is 8.17. The molecule has 2 aliphatic rings. The van der Waals surface area contributed by atoms with E-state index in [0.29, 0.717) is 47.6 Å². The van der Waals surface area contributed by atoms with Gasteiger partial charge in [0.25, 0.3) is 0 Å². The van der Waals surface area contributed by atoms with Gasteiger partial charge in [-0.1, -0.05) is 32.0 Å². The zero-order valence-corrected chi connectivity index (χ0v) is 19.3. The number of nitrogens with one attached hydrogen (secondary N) is 1. The molecular formula is C25H31NO6. The summed E-state index contributed by atoms with van der Waals surface area (Å²) in [4.78, 5) is 39.3. The molecule has 3 rings (SSSR count). The average Bonchev–Trinajstić information content (AvgIpc) is 2.77. The smallest absolute Gasteiger partial charge is 0.336 e. The van der Waals surface area contributed by atoms with Gasteiger partial charge in [-0.15, -0.1) is 0 Å². The monoisotopic (exact) mass is 441 g/mol. The number of hydrogen-bond donors (Lipinski definition) is 1. The first-order valence-electron chi connectivity index (χ1n) is 11.1. The zero-order chi connectivity index (χ0) is 23.4. The third-order valence-corrected chi connectivity index (χ3v) is 5.93. The van der Waals surface area contributed by atoms with E-state index in [1.165, 1.54) is 7.11 Å². The highest BCUT2D eigenvalue weighted by Crippen LogP contribution is 2.47. The lowest BCUT2D eigenvalue weighted by Crippen LogP contribution is -2.43. The van der Waals surface area contributed by atoms with E-state index in [4.69, 9.17) is 14.2 Å². The second kappa shape index (κ2) is 10.0. The molecular weight excluding hydrogens is 410 g/mol. The summed E-state index contributed by atoms with van der Waals surface area (Å²) < 4.78 is 16.3. The second-order valence-electron chi connectivity index (χ2n) is 8.14. The first-order valence-corrected chi connectivity index (χ1v) is 11.1. The number of benzene rings is 1. The highest BCUT2D eigenvalue weighted by Gasteiger charge is 2.47. The minimum Gasteiger partial charge on any atom is -0.494 e. The number of ether oxygens (including phenoxy) is 3. The first kappa shape index (κ1) is 23.6. The molecule has 7 heteroatoms. The zero-order valence-electron chi connectivity index (χ0n) is 19.3. The fourth-order valence-electron chi connectivity index (χ4n) is 4.54. The highest BCUT2D eigenvalue weighted by atomic mass is 16.5. The van der Waals surface area contributed by atoms with Crippen molar-refractivity contribution in [1.82, 2.24) is 5.32 Å². The van der Waals surface area contributed by atoms with Gasteiger partial charge >= 0.3 is 11.9 Å². The molecule has 1 heterocycles. The van der Waals surface area contributed by atoms with Crippen LogP contribution in [0.15, 0.2) is 46.8 Å². The molecule has 1 N–H and O–H groups in total. The van der Waals surface area contributed by atoms with Crippen molar-refractivity contribution in [2.24, 2.45) is 11.8 Å². The third-order valence-electron chi connectivity index (χ3n) is 5.93. The minimum atomic E-state index is -0.923. The maximum absolute atomic E-state index is 13.7. The van der Waals surface area contributed by atoms with Crippen molar-refractivity contribution in [3.63, 3.8) is 0 Å². The van der Waals surface area contributed by atoms with Crippen LogP contribution in [-0.2, 0) is 23.9 Å². The SMILES string of the molecule is CCCOC(=O)C1=C(C)NC2=C(C(=O)[C@H](C(=O)OC)[C@H](C)C2)[C@@H]1c1ccccc1OCC. The largest absolute Gasteiger partial charge is 0.494 e. The van der Waals surface area contributed by atoms with Crippen LogP contribution in [0.2, 0.25) is 0 Å². The molecule has 7 nitrogen and oxygen atoms in total. The van der Waals surface area contributed by atoms with Gasteiger partial charge in [-0.3, -0.25) is 9.59 Å². The number of Topliss-reactive ketones (excluding diaryl/α,β-unsaturated/α-hetero) is 1. The van der Waals surface area contributed by atoms with E-state index in [9.17, 15) is 14.4 Å². The Balaban J connectivity index is 2.21. The van der Waals surface area contributed by atoms with Gasteiger partial charge in [0, 0.05) is 22.5 Å². The van der Waals surface area contributed by atoms with E-state index in [1.54, 1.807) is 0 Å². The molecule has 0 fully saturated rings. The van der Waals surface area contributed by atoms with E-state index < -0.39 is 23.8 Å². The molecule has 0 bridgehead atoms. The molecule has 1 aromatic rings. The number of carbonyl (C=O) groups is 3. The molecule has 0 saturated carbocycles. The first-order chi connectivity index (χ1) is 15.3. The van der Waals surface area contributed by atoms with Crippen molar-refractivity contribution in [3.05, 3.63) is 52.4 Å². The van der Waals surface area contributed by atoms with Crippen molar-refractivity contribution in [2.75, 3.05) is 20.3 Å². The van der Waals surface area contributed by atoms with Gasteiger partial charge in [0.2, 0.25) is 0 Å². The number of para-hydroxylation sites is 1. The molecule has 32 heavy (non-hydrogen) atoms. The topological polar surface area (TPSA) is 90.9 Å². The number of rotatable bonds is 7. The molecule has 0 spiro atoms. The van der Waals surface area contributed by atoms with Crippen LogP contribution in [0.25, 0.3) is 0 Å². The predicted octanol–water partition coefficient (Wildman–Crippen LogP) is 3.65. The van der Waals surface area contributed by atoms with Crippen LogP contribution >= 0.6 is 0 Å². The Morgan fingerprint density at radius 2 is 1.91 bits per heavy atom. The normalized spacial score (nSPS) is 22.8. The summed E-state index contributed by atoms with van der Waals surface area (Å²) in [5.74, 6) is -2.65. The Morgan fingerprint density at radius 3 is 2.56 bits per heavy atom. The summed E-state index contributed by atoms with van der Waals surface area (Å²) in [7, 11) is 1.28. The van der Waals surface area contributed by atoms with E-state index in [1.807, 2.05) is 52.0 Å². The number of hydrogen-bond acceptors (Lipinski definition) is 7. The van der Waals surface area contributed by atoms with Crippen LogP contribution in [0.1, 0.15) is 52.0 Å². The van der Waals surface area contributed by atoms with Crippen molar-refractivity contribution < 1.29 is 28.6 Å². The van der Waals surface area contributed by atoms with Crippen molar-refractivity contribution in [2.45, 2.75) is 46.5 Å². The predicted molar refractivity (Wildman–Crippen MR) is 119 cm³/mol. The maximum Gasteiger partial charge on any atom is 0.336 e.